The largest absolute Gasteiger partial charge is 0.344 e. The first-order chi connectivity index (χ1) is 6.77. The summed E-state index contributed by atoms with van der Waals surface area (Å²) < 4.78 is 2.28. The Morgan fingerprint density at radius 2 is 2.14 bits per heavy atom. The van der Waals surface area contributed by atoms with E-state index in [0.717, 1.165) is 6.54 Å². The molecular weight excluding hydrogens is 172 g/mol. The normalized spacial score (nSPS) is 11.1. The highest BCUT2D eigenvalue weighted by Crippen LogP contribution is 2.22. The minimum absolute atomic E-state index is 0.613. The summed E-state index contributed by atoms with van der Waals surface area (Å²) in [4.78, 5) is 0. The Morgan fingerprint density at radius 1 is 1.36 bits per heavy atom. The number of rotatable bonds is 2. The smallest absolute Gasteiger partial charge is 0.0485 e. The fraction of sp³-hybridized carbons (Fsp3) is 0.333. The van der Waals surface area contributed by atoms with Crippen molar-refractivity contribution in [2.24, 2.45) is 5.73 Å². The minimum Gasteiger partial charge on any atom is -0.344 e. The third-order valence-electron chi connectivity index (χ3n) is 2.77. The minimum atomic E-state index is 0.613. The maximum Gasteiger partial charge on any atom is 0.0485 e. The lowest BCUT2D eigenvalue weighted by molar-refractivity contribution is 0.739. The highest BCUT2D eigenvalue weighted by molar-refractivity contribution is 5.84. The van der Waals surface area contributed by atoms with Crippen molar-refractivity contribution >= 4 is 10.9 Å². The van der Waals surface area contributed by atoms with Gasteiger partial charge in [-0.25, -0.2) is 0 Å². The van der Waals surface area contributed by atoms with Gasteiger partial charge in [-0.3, -0.25) is 0 Å². The van der Waals surface area contributed by atoms with Gasteiger partial charge in [-0.1, -0.05) is 12.1 Å². The quantitative estimate of drug-likeness (QED) is 0.771. The lowest BCUT2D eigenvalue weighted by Crippen LogP contribution is -2.05. The van der Waals surface area contributed by atoms with Crippen LogP contribution in [0.2, 0.25) is 0 Å². The molecule has 0 bridgehead atoms. The molecule has 0 saturated heterocycles. The van der Waals surface area contributed by atoms with Crippen LogP contribution < -0.4 is 5.73 Å². The van der Waals surface area contributed by atoms with Gasteiger partial charge in [0.1, 0.15) is 0 Å². The van der Waals surface area contributed by atoms with E-state index in [4.69, 9.17) is 5.73 Å². The molecule has 1 aromatic carbocycles. The van der Waals surface area contributed by atoms with Crippen LogP contribution in [0.3, 0.4) is 0 Å². The molecule has 1 aromatic heterocycles. The second-order valence-corrected chi connectivity index (χ2v) is 3.59. The van der Waals surface area contributed by atoms with Gasteiger partial charge in [-0.2, -0.15) is 0 Å². The highest BCUT2D eigenvalue weighted by Gasteiger charge is 2.06. The average molecular weight is 188 g/mol. The fourth-order valence-corrected chi connectivity index (χ4v) is 2.03. The molecule has 0 amide bonds. The number of nitrogens with zero attached hydrogens (tertiary/aromatic N) is 1. The van der Waals surface area contributed by atoms with E-state index in [1.165, 1.54) is 22.2 Å². The van der Waals surface area contributed by atoms with Crippen LogP contribution in [0.15, 0.2) is 24.3 Å². The van der Waals surface area contributed by atoms with E-state index in [1.54, 1.807) is 0 Å². The predicted octanol–water partition coefficient (Wildman–Crippen LogP) is 2.43. The fourth-order valence-electron chi connectivity index (χ4n) is 2.03. The Labute approximate surface area is 84.3 Å². The number of nitrogens with two attached hydrogens (primary N) is 1. The summed E-state index contributed by atoms with van der Waals surface area (Å²) >= 11 is 0. The molecule has 2 heteroatoms. The van der Waals surface area contributed by atoms with Crippen molar-refractivity contribution in [1.82, 2.24) is 4.57 Å². The molecule has 2 rings (SSSR count). The van der Waals surface area contributed by atoms with E-state index in [1.807, 2.05) is 0 Å². The number of fused-ring (bicyclic) bond motifs is 1. The first-order valence-corrected chi connectivity index (χ1v) is 5.05. The van der Waals surface area contributed by atoms with Crippen LogP contribution in [-0.2, 0) is 13.1 Å². The summed E-state index contributed by atoms with van der Waals surface area (Å²) in [6.07, 6.45) is 0. The van der Waals surface area contributed by atoms with Gasteiger partial charge in [-0.15, -0.1) is 0 Å². The summed E-state index contributed by atoms with van der Waals surface area (Å²) in [6.45, 7) is 5.89. The maximum absolute atomic E-state index is 5.72. The van der Waals surface area contributed by atoms with E-state index in [0.29, 0.717) is 6.54 Å². The summed E-state index contributed by atoms with van der Waals surface area (Å²) in [5, 5.41) is 1.33. The molecule has 1 heterocycles. The van der Waals surface area contributed by atoms with Gasteiger partial charge in [0.15, 0.2) is 0 Å². The second kappa shape index (κ2) is 3.46. The predicted molar refractivity (Wildman–Crippen MR) is 60.2 cm³/mol. The molecule has 2 aromatic rings. The molecule has 0 atom stereocenters. The molecule has 0 aliphatic heterocycles. The van der Waals surface area contributed by atoms with E-state index in [-0.39, 0.29) is 0 Å². The van der Waals surface area contributed by atoms with Crippen LogP contribution in [0.1, 0.15) is 18.2 Å². The van der Waals surface area contributed by atoms with E-state index >= 15 is 0 Å². The van der Waals surface area contributed by atoms with Crippen molar-refractivity contribution < 1.29 is 0 Å². The Morgan fingerprint density at radius 3 is 2.79 bits per heavy atom. The summed E-state index contributed by atoms with van der Waals surface area (Å²) in [5.74, 6) is 0. The van der Waals surface area contributed by atoms with Crippen molar-refractivity contribution in [1.29, 1.82) is 0 Å². The molecule has 0 spiro atoms. The van der Waals surface area contributed by atoms with Crippen LogP contribution in [0.4, 0.5) is 0 Å². The second-order valence-electron chi connectivity index (χ2n) is 3.59. The number of aromatic nitrogens is 1. The van der Waals surface area contributed by atoms with Crippen LogP contribution >= 0.6 is 0 Å². The first kappa shape index (κ1) is 9.28. The van der Waals surface area contributed by atoms with Gasteiger partial charge in [0, 0.05) is 29.7 Å². The number of aryl methyl sites for hydroxylation is 2. The van der Waals surface area contributed by atoms with Crippen molar-refractivity contribution in [3.05, 3.63) is 35.5 Å². The topological polar surface area (TPSA) is 30.9 Å². The molecule has 0 unspecified atom stereocenters. The summed E-state index contributed by atoms with van der Waals surface area (Å²) in [6, 6.07) is 8.60. The Kier molecular flexibility index (Phi) is 2.30. The van der Waals surface area contributed by atoms with Crippen molar-refractivity contribution in [2.45, 2.75) is 26.9 Å². The molecule has 14 heavy (non-hydrogen) atoms. The lowest BCUT2D eigenvalue weighted by atomic mass is 10.1. The molecule has 0 saturated carbocycles. The van der Waals surface area contributed by atoms with E-state index in [9.17, 15) is 0 Å². The molecule has 2 nitrogen and oxygen atoms in total. The van der Waals surface area contributed by atoms with Gasteiger partial charge in [0.2, 0.25) is 0 Å². The third-order valence-corrected chi connectivity index (χ3v) is 2.77. The average Bonchev–Trinajstić information content (AvgIpc) is 2.57. The van der Waals surface area contributed by atoms with Crippen LogP contribution in [0, 0.1) is 6.92 Å². The zero-order valence-electron chi connectivity index (χ0n) is 8.75. The van der Waals surface area contributed by atoms with Gasteiger partial charge in [0.05, 0.1) is 0 Å². The monoisotopic (exact) mass is 188 g/mol. The molecule has 0 aliphatic carbocycles. The molecule has 0 radical (unpaired) electrons. The number of hydrogen-bond donors (Lipinski definition) is 1. The van der Waals surface area contributed by atoms with Gasteiger partial charge < -0.3 is 10.3 Å². The van der Waals surface area contributed by atoms with Crippen molar-refractivity contribution in [3.8, 4) is 0 Å². The SMILES string of the molecule is CCn1c(CN)cc2c(C)cccc21. The summed E-state index contributed by atoms with van der Waals surface area (Å²) in [5.41, 5.74) is 9.56. The Hall–Kier alpha value is -1.28. The first-order valence-electron chi connectivity index (χ1n) is 5.05. The standard InChI is InChI=1S/C12H16N2/c1-3-14-10(8-13)7-11-9(2)5-4-6-12(11)14/h4-7H,3,8,13H2,1-2H3. The third kappa shape index (κ3) is 1.23. The van der Waals surface area contributed by atoms with Crippen molar-refractivity contribution in [3.63, 3.8) is 0 Å². The van der Waals surface area contributed by atoms with Gasteiger partial charge >= 0.3 is 0 Å². The number of benzene rings is 1. The van der Waals surface area contributed by atoms with Gasteiger partial charge in [-0.05, 0) is 31.5 Å². The Bertz CT molecular complexity index is 455. The molecular formula is C12H16N2. The Balaban J connectivity index is 2.79. The zero-order valence-corrected chi connectivity index (χ0v) is 8.75. The molecule has 0 aliphatic rings. The van der Waals surface area contributed by atoms with Crippen LogP contribution in [0.5, 0.6) is 0 Å². The molecule has 2 N–H and O–H groups in total. The van der Waals surface area contributed by atoms with E-state index in [2.05, 4.69) is 42.7 Å². The van der Waals surface area contributed by atoms with Crippen LogP contribution in [0.25, 0.3) is 10.9 Å². The number of hydrogen-bond acceptors (Lipinski definition) is 1. The zero-order chi connectivity index (χ0) is 10.1. The highest BCUT2D eigenvalue weighted by atomic mass is 15.0. The maximum atomic E-state index is 5.72. The van der Waals surface area contributed by atoms with Crippen molar-refractivity contribution in [2.75, 3.05) is 0 Å². The molecule has 0 fully saturated rings. The van der Waals surface area contributed by atoms with Gasteiger partial charge in [0.25, 0.3) is 0 Å². The molecule has 74 valence electrons. The lowest BCUT2D eigenvalue weighted by Gasteiger charge is -2.05. The van der Waals surface area contributed by atoms with Crippen LogP contribution in [-0.4, -0.2) is 4.57 Å². The van der Waals surface area contributed by atoms with E-state index < -0.39 is 0 Å². The summed E-state index contributed by atoms with van der Waals surface area (Å²) in [7, 11) is 0.